The lowest BCUT2D eigenvalue weighted by atomic mass is 10.1. The van der Waals surface area contributed by atoms with Gasteiger partial charge in [0.2, 0.25) is 5.91 Å². The number of nitrogens with zero attached hydrogens (tertiary/aromatic N) is 3. The van der Waals surface area contributed by atoms with Crippen LogP contribution in [-0.4, -0.2) is 43.4 Å². The summed E-state index contributed by atoms with van der Waals surface area (Å²) >= 11 is 1.56. The van der Waals surface area contributed by atoms with Crippen LogP contribution in [0.5, 0.6) is 0 Å². The monoisotopic (exact) mass is 380 g/mol. The SMILES string of the molecule is O=C(Cc1csc(N2CCOCC2)n1)N/N=C\c1ccc2ccccc2c1. The zero-order valence-corrected chi connectivity index (χ0v) is 15.6. The van der Waals surface area contributed by atoms with Gasteiger partial charge in [-0.05, 0) is 22.4 Å². The number of anilines is 1. The first kappa shape index (κ1) is 17.6. The zero-order valence-electron chi connectivity index (χ0n) is 14.8. The molecule has 7 heteroatoms. The quantitative estimate of drug-likeness (QED) is 0.546. The fourth-order valence-electron chi connectivity index (χ4n) is 2.95. The van der Waals surface area contributed by atoms with Crippen LogP contribution in [0.3, 0.4) is 0 Å². The van der Waals surface area contributed by atoms with E-state index in [0.29, 0.717) is 0 Å². The lowest BCUT2D eigenvalue weighted by Gasteiger charge is -2.26. The van der Waals surface area contributed by atoms with Gasteiger partial charge in [-0.25, -0.2) is 10.4 Å². The summed E-state index contributed by atoms with van der Waals surface area (Å²) < 4.78 is 5.35. The van der Waals surface area contributed by atoms with Gasteiger partial charge in [-0.2, -0.15) is 5.10 Å². The van der Waals surface area contributed by atoms with E-state index in [-0.39, 0.29) is 12.3 Å². The number of aromatic nitrogens is 1. The number of ether oxygens (including phenoxy) is 1. The van der Waals surface area contributed by atoms with E-state index in [1.165, 1.54) is 5.39 Å². The van der Waals surface area contributed by atoms with Crippen LogP contribution in [0.1, 0.15) is 11.3 Å². The summed E-state index contributed by atoms with van der Waals surface area (Å²) in [5, 5.41) is 9.26. The summed E-state index contributed by atoms with van der Waals surface area (Å²) in [4.78, 5) is 18.8. The number of hydrazone groups is 1. The molecule has 1 aromatic heterocycles. The highest BCUT2D eigenvalue weighted by Crippen LogP contribution is 2.21. The highest BCUT2D eigenvalue weighted by Gasteiger charge is 2.15. The number of amides is 1. The fraction of sp³-hybridized carbons (Fsp3) is 0.250. The number of hydrogen-bond donors (Lipinski definition) is 1. The molecule has 1 fully saturated rings. The van der Waals surface area contributed by atoms with Gasteiger partial charge in [0.1, 0.15) is 0 Å². The average molecular weight is 380 g/mol. The van der Waals surface area contributed by atoms with Crippen LogP contribution in [0.4, 0.5) is 5.13 Å². The Kier molecular flexibility index (Phi) is 5.41. The van der Waals surface area contributed by atoms with E-state index in [4.69, 9.17) is 4.74 Å². The van der Waals surface area contributed by atoms with Crippen LogP contribution in [0.2, 0.25) is 0 Å². The molecule has 138 valence electrons. The van der Waals surface area contributed by atoms with E-state index in [9.17, 15) is 4.79 Å². The number of morpholine rings is 1. The highest BCUT2D eigenvalue weighted by atomic mass is 32.1. The molecule has 0 aliphatic carbocycles. The topological polar surface area (TPSA) is 66.8 Å². The van der Waals surface area contributed by atoms with E-state index in [2.05, 4.69) is 32.5 Å². The number of carbonyl (C=O) groups excluding carboxylic acids is 1. The minimum Gasteiger partial charge on any atom is -0.378 e. The van der Waals surface area contributed by atoms with Gasteiger partial charge >= 0.3 is 0 Å². The molecule has 1 aliphatic rings. The molecule has 1 amide bonds. The number of benzene rings is 2. The smallest absolute Gasteiger partial charge is 0.246 e. The summed E-state index contributed by atoms with van der Waals surface area (Å²) in [6.07, 6.45) is 1.88. The Labute approximate surface area is 161 Å². The number of thiazole rings is 1. The van der Waals surface area contributed by atoms with Crippen molar-refractivity contribution < 1.29 is 9.53 Å². The van der Waals surface area contributed by atoms with Gasteiger partial charge in [-0.1, -0.05) is 36.4 Å². The molecule has 0 radical (unpaired) electrons. The zero-order chi connectivity index (χ0) is 18.5. The van der Waals surface area contributed by atoms with Crippen LogP contribution in [0, 0.1) is 0 Å². The summed E-state index contributed by atoms with van der Waals surface area (Å²) in [5.41, 5.74) is 4.28. The van der Waals surface area contributed by atoms with Crippen LogP contribution < -0.4 is 10.3 Å². The normalized spacial score (nSPS) is 14.7. The molecule has 0 unspecified atom stereocenters. The molecule has 0 spiro atoms. The summed E-state index contributed by atoms with van der Waals surface area (Å²) in [7, 11) is 0. The minimum absolute atomic E-state index is 0.175. The van der Waals surface area contributed by atoms with Crippen molar-refractivity contribution in [1.82, 2.24) is 10.4 Å². The average Bonchev–Trinajstić information content (AvgIpc) is 3.17. The van der Waals surface area contributed by atoms with Crippen molar-refractivity contribution in [3.05, 3.63) is 59.1 Å². The third kappa shape index (κ3) is 4.50. The lowest BCUT2D eigenvalue weighted by molar-refractivity contribution is -0.120. The van der Waals surface area contributed by atoms with Crippen molar-refractivity contribution >= 4 is 39.4 Å². The second kappa shape index (κ2) is 8.28. The third-order valence-electron chi connectivity index (χ3n) is 4.34. The summed E-state index contributed by atoms with van der Waals surface area (Å²) in [5.74, 6) is -0.175. The first-order chi connectivity index (χ1) is 13.3. The van der Waals surface area contributed by atoms with Crippen molar-refractivity contribution in [3.8, 4) is 0 Å². The fourth-order valence-corrected chi connectivity index (χ4v) is 3.83. The standard InChI is InChI=1S/C20H20N4O2S/c25-19(12-18-14-27-20(22-18)24-7-9-26-10-8-24)23-21-13-15-5-6-16-3-1-2-4-17(16)11-15/h1-6,11,13-14H,7-10,12H2,(H,23,25)/b21-13-. The van der Waals surface area contributed by atoms with E-state index < -0.39 is 0 Å². The van der Waals surface area contributed by atoms with Gasteiger partial charge in [0, 0.05) is 18.5 Å². The molecule has 0 saturated carbocycles. The second-order valence-corrected chi connectivity index (χ2v) is 7.13. The summed E-state index contributed by atoms with van der Waals surface area (Å²) in [6.45, 7) is 3.13. The number of rotatable bonds is 5. The van der Waals surface area contributed by atoms with Crippen LogP contribution >= 0.6 is 11.3 Å². The van der Waals surface area contributed by atoms with Gasteiger partial charge in [0.25, 0.3) is 0 Å². The Balaban J connectivity index is 1.32. The van der Waals surface area contributed by atoms with Crippen LogP contribution in [-0.2, 0) is 16.0 Å². The lowest BCUT2D eigenvalue weighted by Crippen LogP contribution is -2.36. The molecule has 4 rings (SSSR count). The molecule has 1 aliphatic heterocycles. The van der Waals surface area contributed by atoms with E-state index in [1.54, 1.807) is 17.6 Å². The number of nitrogens with one attached hydrogen (secondary N) is 1. The Morgan fingerprint density at radius 2 is 2.04 bits per heavy atom. The third-order valence-corrected chi connectivity index (χ3v) is 5.29. The second-order valence-electron chi connectivity index (χ2n) is 6.30. The van der Waals surface area contributed by atoms with Gasteiger partial charge in [0.05, 0.1) is 31.5 Å². The van der Waals surface area contributed by atoms with E-state index in [0.717, 1.165) is 48.1 Å². The summed E-state index contributed by atoms with van der Waals surface area (Å²) in [6, 6.07) is 14.2. The van der Waals surface area contributed by atoms with Gasteiger partial charge in [0.15, 0.2) is 5.13 Å². The predicted octanol–water partition coefficient (Wildman–Crippen LogP) is 2.83. The molecule has 2 heterocycles. The molecule has 1 N–H and O–H groups in total. The maximum absolute atomic E-state index is 12.1. The first-order valence-corrected chi connectivity index (χ1v) is 9.74. The molecule has 27 heavy (non-hydrogen) atoms. The molecular weight excluding hydrogens is 360 g/mol. The van der Waals surface area contributed by atoms with Gasteiger partial charge in [-0.15, -0.1) is 11.3 Å². The van der Waals surface area contributed by atoms with Gasteiger partial charge < -0.3 is 9.64 Å². The number of hydrogen-bond acceptors (Lipinski definition) is 6. The first-order valence-electron chi connectivity index (χ1n) is 8.86. The Morgan fingerprint density at radius 1 is 1.22 bits per heavy atom. The maximum Gasteiger partial charge on any atom is 0.246 e. The van der Waals surface area contributed by atoms with E-state index >= 15 is 0 Å². The maximum atomic E-state index is 12.1. The van der Waals surface area contributed by atoms with E-state index in [1.807, 2.05) is 35.7 Å². The molecule has 0 atom stereocenters. The van der Waals surface area contributed by atoms with Crippen LogP contribution in [0.15, 0.2) is 52.9 Å². The Bertz CT molecular complexity index is 963. The minimum atomic E-state index is -0.175. The predicted molar refractivity (Wildman–Crippen MR) is 109 cm³/mol. The number of carbonyl (C=O) groups is 1. The van der Waals surface area contributed by atoms with Gasteiger partial charge in [-0.3, -0.25) is 4.79 Å². The van der Waals surface area contributed by atoms with Crippen molar-refractivity contribution in [2.45, 2.75) is 6.42 Å². The highest BCUT2D eigenvalue weighted by molar-refractivity contribution is 7.13. The Morgan fingerprint density at radius 3 is 2.89 bits per heavy atom. The van der Waals surface area contributed by atoms with Crippen molar-refractivity contribution in [3.63, 3.8) is 0 Å². The molecule has 1 saturated heterocycles. The Hall–Kier alpha value is -2.77. The molecule has 3 aromatic rings. The van der Waals surface area contributed by atoms with Crippen molar-refractivity contribution in [2.24, 2.45) is 5.10 Å². The van der Waals surface area contributed by atoms with Crippen molar-refractivity contribution in [1.29, 1.82) is 0 Å². The molecule has 2 aromatic carbocycles. The molecular formula is C20H20N4O2S. The van der Waals surface area contributed by atoms with Crippen LogP contribution in [0.25, 0.3) is 10.8 Å². The molecule has 6 nitrogen and oxygen atoms in total. The number of fused-ring (bicyclic) bond motifs is 1. The van der Waals surface area contributed by atoms with Crippen molar-refractivity contribution in [2.75, 3.05) is 31.2 Å². The molecule has 0 bridgehead atoms. The largest absolute Gasteiger partial charge is 0.378 e.